The molecule has 2 bridgehead atoms. The number of aliphatic hydroxyl groups is 1. The van der Waals surface area contributed by atoms with Gasteiger partial charge in [0.05, 0.1) is 29.6 Å². The molecule has 0 aromatic heterocycles. The number of amides is 1. The highest BCUT2D eigenvalue weighted by Crippen LogP contribution is 2.65. The molecule has 84 heavy (non-hydrogen) atoms. The number of methoxy groups -OCH3 is 1. The second-order valence-electron chi connectivity index (χ2n) is 21.6. The summed E-state index contributed by atoms with van der Waals surface area (Å²) in [7, 11) is 1.18. The number of carbonyl (C=O) groups is 10. The first kappa shape index (κ1) is 63.7. The minimum atomic E-state index is -2.65. The second kappa shape index (κ2) is 25.9. The minimum Gasteiger partial charge on any atom is -0.455 e. The Hall–Kier alpha value is -7.90. The molecule has 0 spiro atoms. The SMILES string of the molecule is COC(CO[C@@H](O[C@H]1C[C@H]2OC[C@@]2(OC(C)=O)C2C(OC(=O)c3ccccc3)[C@]3(O)C[C@H](OC(=O)[C@H](OC(C)=O)[C@@H](NC(=O)c4ccccc4)c4ccccc4)C(C)=C([C@@H](OC(C)=O)C(=O)[C@@]21C)C3(C)C)C(OC(C)=O)OC(C)=O)OC(C)=O. The standard InChI is InChI=1S/C60H69NO23/c1-31-41(81-54(71)48(78-34(4)64)46(38-21-15-12-16-22-38)61-52(69)39-23-17-13-18-24-39)28-60(72)51(83-53(70)40-25-19-14-20-26-40)49-58(10,50(68)47(77-33(3)63)45(31)57(60,8)9)42(27-43-59(49,30-75-43)84-37(7)67)82-55(56(79-35(5)65)80-36(6)66)74-29-44(73-11)76-32(2)62/h12-26,41-44,46-49,51,55-56,72H,27-30H2,1-11H3,(H,61,69)/t41-,42-,43+,44?,46-,47+,48+,49?,51?,55-,58+,59-,60+/m0/s1. The van der Waals surface area contributed by atoms with Gasteiger partial charge >= 0.3 is 47.8 Å². The summed E-state index contributed by atoms with van der Waals surface area (Å²) < 4.78 is 71.4. The maximum Gasteiger partial charge on any atom is 0.350 e. The molecule has 3 aliphatic carbocycles. The van der Waals surface area contributed by atoms with E-state index in [9.17, 15) is 43.5 Å². The third-order valence-corrected chi connectivity index (χ3v) is 15.8. The molecule has 24 heteroatoms. The van der Waals surface area contributed by atoms with Crippen LogP contribution in [0.5, 0.6) is 0 Å². The first-order chi connectivity index (χ1) is 39.6. The quantitative estimate of drug-likeness (QED) is 0.0634. The van der Waals surface area contributed by atoms with Crippen molar-refractivity contribution in [2.45, 2.75) is 155 Å². The average Bonchev–Trinajstić information content (AvgIpc) is 0.680. The molecular formula is C60H69NO23. The van der Waals surface area contributed by atoms with Crippen LogP contribution in [0.3, 0.4) is 0 Å². The van der Waals surface area contributed by atoms with Crippen LogP contribution in [-0.2, 0) is 95.2 Å². The van der Waals surface area contributed by atoms with Crippen LogP contribution in [0.4, 0.5) is 0 Å². The summed E-state index contributed by atoms with van der Waals surface area (Å²) in [6, 6.07) is 22.2. The lowest BCUT2D eigenvalue weighted by Gasteiger charge is -2.68. The molecule has 7 rings (SSSR count). The normalized spacial score (nSPS) is 27.1. The zero-order valence-corrected chi connectivity index (χ0v) is 48.3. The number of ether oxygens (including phenoxy) is 12. The third-order valence-electron chi connectivity index (χ3n) is 15.8. The predicted octanol–water partition coefficient (Wildman–Crippen LogP) is 4.66. The van der Waals surface area contributed by atoms with E-state index in [1.165, 1.54) is 71.2 Å². The Kier molecular flexibility index (Phi) is 19.7. The van der Waals surface area contributed by atoms with Gasteiger partial charge in [0.15, 0.2) is 17.5 Å². The van der Waals surface area contributed by atoms with Crippen LogP contribution < -0.4 is 5.32 Å². The van der Waals surface area contributed by atoms with Crippen molar-refractivity contribution in [3.05, 3.63) is 119 Å². The van der Waals surface area contributed by atoms with E-state index in [-0.39, 0.29) is 22.3 Å². The number of nitrogens with one attached hydrogen (secondary N) is 1. The molecule has 24 nitrogen and oxygen atoms in total. The van der Waals surface area contributed by atoms with Crippen molar-refractivity contribution in [1.29, 1.82) is 0 Å². The Morgan fingerprint density at radius 2 is 1.25 bits per heavy atom. The molecule has 1 aliphatic heterocycles. The number of ketones is 1. The lowest BCUT2D eigenvalue weighted by molar-refractivity contribution is -0.367. The van der Waals surface area contributed by atoms with Crippen molar-refractivity contribution >= 4 is 59.4 Å². The lowest BCUT2D eigenvalue weighted by atomic mass is 9.44. The van der Waals surface area contributed by atoms with Crippen molar-refractivity contribution in [3.8, 4) is 0 Å². The number of benzene rings is 3. The monoisotopic (exact) mass is 1170 g/mol. The predicted molar refractivity (Wildman–Crippen MR) is 286 cm³/mol. The number of carbonyl (C=O) groups excluding carboxylic acids is 10. The molecule has 2 saturated carbocycles. The van der Waals surface area contributed by atoms with E-state index >= 15 is 9.59 Å². The van der Waals surface area contributed by atoms with Gasteiger partial charge in [-0.2, -0.15) is 0 Å². The van der Waals surface area contributed by atoms with E-state index in [1.54, 1.807) is 54.6 Å². The number of hydrogen-bond donors (Lipinski definition) is 2. The summed E-state index contributed by atoms with van der Waals surface area (Å²) in [4.78, 5) is 139. The zero-order valence-electron chi connectivity index (χ0n) is 48.3. The summed E-state index contributed by atoms with van der Waals surface area (Å²) in [5.41, 5.74) is -8.72. The summed E-state index contributed by atoms with van der Waals surface area (Å²) >= 11 is 0. The topological polar surface area (TPSA) is 314 Å². The van der Waals surface area contributed by atoms with Gasteiger partial charge < -0.3 is 67.3 Å². The maximum absolute atomic E-state index is 16.7. The summed E-state index contributed by atoms with van der Waals surface area (Å²) in [5, 5.41) is 17.2. The van der Waals surface area contributed by atoms with E-state index in [0.717, 1.165) is 41.5 Å². The fraction of sp³-hybridized carbons (Fsp3) is 0.500. The van der Waals surface area contributed by atoms with Crippen LogP contribution >= 0.6 is 0 Å². The van der Waals surface area contributed by atoms with Gasteiger partial charge in [-0.1, -0.05) is 80.6 Å². The third kappa shape index (κ3) is 13.1. The first-order valence-corrected chi connectivity index (χ1v) is 26.9. The van der Waals surface area contributed by atoms with Gasteiger partial charge in [-0.15, -0.1) is 0 Å². The summed E-state index contributed by atoms with van der Waals surface area (Å²) in [6.07, 6.45) is -17.7. The van der Waals surface area contributed by atoms with E-state index < -0.39 is 175 Å². The highest BCUT2D eigenvalue weighted by Gasteiger charge is 2.79. The van der Waals surface area contributed by atoms with Crippen LogP contribution in [0.15, 0.2) is 102 Å². The fourth-order valence-corrected chi connectivity index (χ4v) is 12.0. The highest BCUT2D eigenvalue weighted by molar-refractivity contribution is 5.96. The molecule has 3 aromatic rings. The molecule has 3 unspecified atom stereocenters. The van der Waals surface area contributed by atoms with Crippen molar-refractivity contribution < 1.29 is 110 Å². The number of esters is 8. The summed E-state index contributed by atoms with van der Waals surface area (Å²) in [6.45, 7) is 10.7. The molecular weight excluding hydrogens is 1100 g/mol. The van der Waals surface area contributed by atoms with E-state index in [4.69, 9.17) is 56.8 Å². The molecule has 3 fully saturated rings. The van der Waals surface area contributed by atoms with Crippen molar-refractivity contribution in [2.75, 3.05) is 20.3 Å². The van der Waals surface area contributed by atoms with Crippen LogP contribution in [0.25, 0.3) is 0 Å². The molecule has 4 aliphatic rings. The van der Waals surface area contributed by atoms with Gasteiger partial charge in [-0.3, -0.25) is 38.4 Å². The van der Waals surface area contributed by atoms with Gasteiger partial charge in [-0.25, -0.2) is 9.59 Å². The molecule has 13 atom stereocenters. The largest absolute Gasteiger partial charge is 0.455 e. The number of fused-ring (bicyclic) bond motifs is 5. The molecule has 1 amide bonds. The minimum absolute atomic E-state index is 0.0221. The second-order valence-corrected chi connectivity index (χ2v) is 21.6. The number of Topliss-reactive ketones (excluding diaryl/α,β-unsaturated/α-hetero) is 1. The van der Waals surface area contributed by atoms with Crippen molar-refractivity contribution in [3.63, 3.8) is 0 Å². The maximum atomic E-state index is 16.7. The van der Waals surface area contributed by atoms with Gasteiger partial charge in [0, 0.05) is 72.5 Å². The van der Waals surface area contributed by atoms with Crippen LogP contribution in [0.2, 0.25) is 0 Å². The van der Waals surface area contributed by atoms with Gasteiger partial charge in [0.1, 0.15) is 36.6 Å². The molecule has 3 aromatic carbocycles. The van der Waals surface area contributed by atoms with Crippen LogP contribution in [-0.4, -0.2) is 152 Å². The Morgan fingerprint density at radius 3 is 1.76 bits per heavy atom. The highest BCUT2D eigenvalue weighted by atomic mass is 16.8. The molecule has 0 radical (unpaired) electrons. The zero-order chi connectivity index (χ0) is 61.6. The Balaban J connectivity index is 1.48. The van der Waals surface area contributed by atoms with Gasteiger partial charge in [0.25, 0.3) is 12.2 Å². The Morgan fingerprint density at radius 1 is 0.690 bits per heavy atom. The van der Waals surface area contributed by atoms with Crippen LogP contribution in [0, 0.1) is 16.7 Å². The Bertz CT molecular complexity index is 3000. The van der Waals surface area contributed by atoms with E-state index in [2.05, 4.69) is 5.32 Å². The molecule has 452 valence electrons. The average molecular weight is 1170 g/mol. The number of hydrogen-bond acceptors (Lipinski definition) is 23. The summed E-state index contributed by atoms with van der Waals surface area (Å²) in [5.74, 6) is -11.7. The smallest absolute Gasteiger partial charge is 0.350 e. The fourth-order valence-electron chi connectivity index (χ4n) is 12.0. The first-order valence-electron chi connectivity index (χ1n) is 26.9. The van der Waals surface area contributed by atoms with Gasteiger partial charge in [0.2, 0.25) is 18.7 Å². The lowest BCUT2D eigenvalue weighted by Crippen LogP contribution is -2.82. The van der Waals surface area contributed by atoms with Crippen molar-refractivity contribution in [2.24, 2.45) is 16.7 Å². The van der Waals surface area contributed by atoms with E-state index in [1.807, 2.05) is 0 Å². The molecule has 2 N–H and O–H groups in total. The van der Waals surface area contributed by atoms with Crippen molar-refractivity contribution in [1.82, 2.24) is 5.32 Å². The molecule has 1 saturated heterocycles. The number of rotatable bonds is 21. The van der Waals surface area contributed by atoms with Crippen LogP contribution in [0.1, 0.15) is 114 Å². The Labute approximate surface area is 483 Å². The van der Waals surface area contributed by atoms with E-state index in [0.29, 0.717) is 5.56 Å². The molecule has 1 heterocycles. The van der Waals surface area contributed by atoms with Gasteiger partial charge in [-0.05, 0) is 54.8 Å².